The van der Waals surface area contributed by atoms with Crippen LogP contribution < -0.4 is 10.3 Å². The minimum atomic E-state index is -0.322. The molecule has 0 radical (unpaired) electrons. The second kappa shape index (κ2) is 10.1. The molecule has 0 aliphatic heterocycles. The van der Waals surface area contributed by atoms with Crippen LogP contribution >= 0.6 is 11.8 Å². The van der Waals surface area contributed by atoms with Crippen LogP contribution in [0.3, 0.4) is 0 Å². The fourth-order valence-electron chi connectivity index (χ4n) is 3.65. The van der Waals surface area contributed by atoms with Gasteiger partial charge in [-0.3, -0.25) is 14.2 Å². The second-order valence-electron chi connectivity index (χ2n) is 7.74. The van der Waals surface area contributed by atoms with Crippen molar-refractivity contribution >= 4 is 28.6 Å². The summed E-state index contributed by atoms with van der Waals surface area (Å²) in [5.41, 5.74) is 1.70. The quantitative estimate of drug-likeness (QED) is 0.281. The molecule has 0 spiro atoms. The first-order chi connectivity index (χ1) is 16.4. The third kappa shape index (κ3) is 4.68. The maximum absolute atomic E-state index is 13.4. The van der Waals surface area contributed by atoms with Crippen molar-refractivity contribution in [2.24, 2.45) is 0 Å². The van der Waals surface area contributed by atoms with Crippen molar-refractivity contribution in [2.75, 3.05) is 19.9 Å². The number of nitrogens with zero attached hydrogens (tertiary/aromatic N) is 3. The van der Waals surface area contributed by atoms with Gasteiger partial charge in [-0.05, 0) is 48.9 Å². The van der Waals surface area contributed by atoms with E-state index in [1.165, 1.54) is 28.5 Å². The third-order valence-electron chi connectivity index (χ3n) is 5.72. The van der Waals surface area contributed by atoms with E-state index in [-0.39, 0.29) is 29.1 Å². The van der Waals surface area contributed by atoms with Gasteiger partial charge < -0.3 is 9.64 Å². The SMILES string of the molecule is COc1ccccc1-n1c(SCC(=O)N(C)C(C)c2ccc(F)cc2)nc2ccccc2c1=O. The van der Waals surface area contributed by atoms with Crippen LogP contribution in [0.25, 0.3) is 16.6 Å². The highest BCUT2D eigenvalue weighted by molar-refractivity contribution is 7.99. The number of carbonyl (C=O) groups is 1. The Labute approximate surface area is 201 Å². The molecule has 0 saturated carbocycles. The smallest absolute Gasteiger partial charge is 0.266 e. The van der Waals surface area contributed by atoms with Gasteiger partial charge in [0.2, 0.25) is 5.91 Å². The van der Waals surface area contributed by atoms with Crippen molar-refractivity contribution in [1.82, 2.24) is 14.5 Å². The highest BCUT2D eigenvalue weighted by Crippen LogP contribution is 2.28. The Balaban J connectivity index is 1.67. The minimum Gasteiger partial charge on any atom is -0.495 e. The highest BCUT2D eigenvalue weighted by atomic mass is 32.2. The maximum Gasteiger partial charge on any atom is 0.266 e. The van der Waals surface area contributed by atoms with E-state index >= 15 is 0 Å². The first-order valence-corrected chi connectivity index (χ1v) is 11.7. The largest absolute Gasteiger partial charge is 0.495 e. The van der Waals surface area contributed by atoms with E-state index in [1.54, 1.807) is 61.5 Å². The zero-order chi connectivity index (χ0) is 24.2. The van der Waals surface area contributed by atoms with Gasteiger partial charge >= 0.3 is 0 Å². The van der Waals surface area contributed by atoms with E-state index in [2.05, 4.69) is 4.98 Å². The summed E-state index contributed by atoms with van der Waals surface area (Å²) in [5, 5.41) is 0.871. The number of hydrogen-bond donors (Lipinski definition) is 0. The van der Waals surface area contributed by atoms with Crippen LogP contribution in [-0.2, 0) is 4.79 Å². The number of thioether (sulfide) groups is 1. The van der Waals surface area contributed by atoms with Crippen molar-refractivity contribution in [3.8, 4) is 11.4 Å². The number of ether oxygens (including phenoxy) is 1. The first-order valence-electron chi connectivity index (χ1n) is 10.7. The minimum absolute atomic E-state index is 0.0714. The molecular weight excluding hydrogens is 453 g/mol. The van der Waals surface area contributed by atoms with E-state index < -0.39 is 0 Å². The highest BCUT2D eigenvalue weighted by Gasteiger charge is 2.21. The van der Waals surface area contributed by atoms with Crippen molar-refractivity contribution in [3.63, 3.8) is 0 Å². The molecule has 1 atom stereocenters. The summed E-state index contributed by atoms with van der Waals surface area (Å²) in [4.78, 5) is 32.7. The fourth-order valence-corrected chi connectivity index (χ4v) is 4.57. The van der Waals surface area contributed by atoms with Gasteiger partial charge in [-0.2, -0.15) is 0 Å². The topological polar surface area (TPSA) is 64.4 Å². The Morgan fingerprint density at radius 1 is 1.09 bits per heavy atom. The molecule has 0 aliphatic rings. The molecule has 4 aromatic rings. The summed E-state index contributed by atoms with van der Waals surface area (Å²) >= 11 is 1.19. The van der Waals surface area contributed by atoms with Crippen molar-refractivity contribution in [2.45, 2.75) is 18.1 Å². The molecule has 174 valence electrons. The zero-order valence-corrected chi connectivity index (χ0v) is 19.9. The Morgan fingerprint density at radius 3 is 2.50 bits per heavy atom. The molecule has 1 aromatic heterocycles. The average Bonchev–Trinajstić information content (AvgIpc) is 2.87. The Bertz CT molecular complexity index is 1390. The molecule has 3 aromatic carbocycles. The van der Waals surface area contributed by atoms with Gasteiger partial charge in [0.05, 0.1) is 35.5 Å². The lowest BCUT2D eigenvalue weighted by Gasteiger charge is -2.25. The summed E-state index contributed by atoms with van der Waals surface area (Å²) in [6, 6.07) is 20.2. The molecule has 0 saturated heterocycles. The van der Waals surface area contributed by atoms with Gasteiger partial charge in [0.15, 0.2) is 5.16 Å². The number of fused-ring (bicyclic) bond motifs is 1. The average molecular weight is 478 g/mol. The van der Waals surface area contributed by atoms with E-state index in [9.17, 15) is 14.0 Å². The summed E-state index contributed by atoms with van der Waals surface area (Å²) in [6.45, 7) is 1.88. The number of aromatic nitrogens is 2. The number of halogens is 1. The fraction of sp³-hybridized carbons (Fsp3) is 0.192. The van der Waals surface area contributed by atoms with Crippen molar-refractivity contribution in [1.29, 1.82) is 0 Å². The van der Waals surface area contributed by atoms with Crippen LogP contribution in [0.5, 0.6) is 5.75 Å². The number of benzene rings is 3. The van der Waals surface area contributed by atoms with Gasteiger partial charge in [-0.15, -0.1) is 0 Å². The Hall–Kier alpha value is -3.65. The van der Waals surface area contributed by atoms with Gasteiger partial charge in [0.1, 0.15) is 11.6 Å². The molecule has 0 aliphatic carbocycles. The van der Waals surface area contributed by atoms with Crippen molar-refractivity contribution in [3.05, 3.63) is 94.5 Å². The van der Waals surface area contributed by atoms with Gasteiger partial charge in [-0.25, -0.2) is 9.37 Å². The van der Waals surface area contributed by atoms with E-state index in [1.807, 2.05) is 25.1 Å². The number of rotatable bonds is 7. The molecule has 1 amide bonds. The molecule has 0 fully saturated rings. The normalized spacial score (nSPS) is 11.9. The Kier molecular flexibility index (Phi) is 6.98. The van der Waals surface area contributed by atoms with E-state index in [0.29, 0.717) is 27.5 Å². The standard InChI is InChI=1S/C26H24FN3O3S/c1-17(18-12-14-19(27)15-13-18)29(2)24(31)16-34-26-28-21-9-5-4-8-20(21)25(32)30(26)22-10-6-7-11-23(22)33-3/h4-15,17H,16H2,1-3H3. The van der Waals surface area contributed by atoms with Gasteiger partial charge in [-0.1, -0.05) is 48.2 Å². The summed E-state index contributed by atoms with van der Waals surface area (Å²) in [7, 11) is 3.25. The monoisotopic (exact) mass is 477 g/mol. The number of methoxy groups -OCH3 is 1. The molecule has 6 nitrogen and oxygen atoms in total. The summed E-state index contributed by atoms with van der Waals surface area (Å²) in [5.74, 6) is 0.131. The van der Waals surface area contributed by atoms with Crippen LogP contribution in [0.2, 0.25) is 0 Å². The second-order valence-corrected chi connectivity index (χ2v) is 8.69. The summed E-state index contributed by atoms with van der Waals surface area (Å²) in [6.07, 6.45) is 0. The molecule has 4 rings (SSSR count). The van der Waals surface area contributed by atoms with Crippen molar-refractivity contribution < 1.29 is 13.9 Å². The van der Waals surface area contributed by atoms with Gasteiger partial charge in [0.25, 0.3) is 5.56 Å². The number of para-hydroxylation sites is 3. The molecule has 34 heavy (non-hydrogen) atoms. The Morgan fingerprint density at radius 2 is 1.76 bits per heavy atom. The summed E-state index contributed by atoms with van der Waals surface area (Å²) < 4.78 is 20.2. The predicted molar refractivity (Wildman–Crippen MR) is 132 cm³/mol. The zero-order valence-electron chi connectivity index (χ0n) is 19.1. The number of carbonyl (C=O) groups excluding carboxylic acids is 1. The van der Waals surface area contributed by atoms with Crippen LogP contribution in [0.1, 0.15) is 18.5 Å². The molecule has 8 heteroatoms. The number of amides is 1. The van der Waals surface area contributed by atoms with Crippen LogP contribution in [0.4, 0.5) is 4.39 Å². The van der Waals surface area contributed by atoms with Crippen LogP contribution in [0, 0.1) is 5.82 Å². The van der Waals surface area contributed by atoms with Crippen LogP contribution in [0.15, 0.2) is 82.7 Å². The molecule has 0 N–H and O–H groups in total. The van der Waals surface area contributed by atoms with E-state index in [0.717, 1.165) is 5.56 Å². The predicted octanol–water partition coefficient (Wildman–Crippen LogP) is 4.85. The maximum atomic E-state index is 13.4. The first kappa shape index (κ1) is 23.5. The molecular formula is C26H24FN3O3S. The van der Waals surface area contributed by atoms with Crippen LogP contribution in [-0.4, -0.2) is 40.3 Å². The molecule has 1 unspecified atom stereocenters. The van der Waals surface area contributed by atoms with Gasteiger partial charge in [0, 0.05) is 7.05 Å². The number of hydrogen-bond acceptors (Lipinski definition) is 5. The lowest BCUT2D eigenvalue weighted by atomic mass is 10.1. The molecule has 1 heterocycles. The molecule has 0 bridgehead atoms. The lowest BCUT2D eigenvalue weighted by molar-refractivity contribution is -0.128. The lowest BCUT2D eigenvalue weighted by Crippen LogP contribution is -2.31. The van der Waals surface area contributed by atoms with E-state index in [4.69, 9.17) is 4.74 Å². The third-order valence-corrected chi connectivity index (χ3v) is 6.65.